The fraction of sp³-hybridized carbons (Fsp3) is 0.346. The molecule has 2 amide bonds. The first-order valence-corrected chi connectivity index (χ1v) is 12.3. The summed E-state index contributed by atoms with van der Waals surface area (Å²) in [4.78, 5) is 38.8. The third kappa shape index (κ3) is 5.38. The normalized spacial score (nSPS) is 19.3. The molecule has 1 fully saturated rings. The monoisotopic (exact) mass is 560 g/mol. The first-order chi connectivity index (χ1) is 17.2. The smallest absolute Gasteiger partial charge is 0.408 e. The predicted molar refractivity (Wildman–Crippen MR) is 133 cm³/mol. The van der Waals surface area contributed by atoms with Crippen molar-refractivity contribution in [2.45, 2.75) is 38.3 Å². The number of fused-ring (bicyclic) bond motifs is 2. The molecule has 2 atom stereocenters. The highest BCUT2D eigenvalue weighted by atomic mass is 79.9. The maximum atomic E-state index is 13.4. The van der Waals surface area contributed by atoms with Gasteiger partial charge in [0.05, 0.1) is 28.7 Å². The second kappa shape index (κ2) is 10.7. The summed E-state index contributed by atoms with van der Waals surface area (Å²) in [6.45, 7) is 2.05. The highest BCUT2D eigenvalue weighted by Gasteiger charge is 2.47. The molecule has 0 aromatic heterocycles. The maximum Gasteiger partial charge on any atom is 0.408 e. The number of amides is 2. The second-order valence-electron chi connectivity index (χ2n) is 8.91. The minimum Gasteiger partial charge on any atom is -0.492 e. The summed E-state index contributed by atoms with van der Waals surface area (Å²) in [5.74, 6) is -1.32. The number of carboxylic acid groups (broad SMARTS) is 2. The van der Waals surface area contributed by atoms with Gasteiger partial charge in [-0.05, 0) is 64.0 Å². The highest BCUT2D eigenvalue weighted by Crippen LogP contribution is 2.38. The minimum absolute atomic E-state index is 0.0152. The Morgan fingerprint density at radius 1 is 1.11 bits per heavy atom. The van der Waals surface area contributed by atoms with Crippen LogP contribution in [0.25, 0.3) is 5.57 Å². The number of benzene rings is 2. The molecule has 0 aliphatic carbocycles. The lowest BCUT2D eigenvalue weighted by atomic mass is 9.82. The Hall–Kier alpha value is -3.40. The Labute approximate surface area is 216 Å². The third-order valence-corrected chi connectivity index (χ3v) is 7.27. The molecule has 4 rings (SSSR count). The fourth-order valence-corrected chi connectivity index (χ4v) is 5.28. The molecule has 1 saturated heterocycles. The first-order valence-electron chi connectivity index (χ1n) is 11.6. The number of rotatable bonds is 7. The van der Waals surface area contributed by atoms with Crippen molar-refractivity contribution < 1.29 is 33.7 Å². The first kappa shape index (κ1) is 25.7. The van der Waals surface area contributed by atoms with E-state index in [9.17, 15) is 29.0 Å². The molecule has 190 valence electrons. The molecule has 2 N–H and O–H groups in total. The quantitative estimate of drug-likeness (QED) is 0.485. The zero-order chi connectivity index (χ0) is 26.0. The van der Waals surface area contributed by atoms with Crippen molar-refractivity contribution in [1.29, 1.82) is 0 Å². The van der Waals surface area contributed by atoms with E-state index < -0.39 is 24.1 Å². The van der Waals surface area contributed by atoms with Crippen LogP contribution in [-0.2, 0) is 16.0 Å². The van der Waals surface area contributed by atoms with Crippen molar-refractivity contribution in [3.63, 3.8) is 0 Å². The van der Waals surface area contributed by atoms with Gasteiger partial charge >= 0.3 is 12.1 Å². The van der Waals surface area contributed by atoms with Gasteiger partial charge in [0, 0.05) is 26.1 Å². The highest BCUT2D eigenvalue weighted by molar-refractivity contribution is 9.10. The number of aliphatic carboxylic acids is 1. The van der Waals surface area contributed by atoms with Gasteiger partial charge in [-0.3, -0.25) is 9.69 Å². The Bertz CT molecular complexity index is 1220. The van der Waals surface area contributed by atoms with Crippen LogP contribution in [0.1, 0.15) is 30.9 Å². The molecule has 0 radical (unpaired) electrons. The van der Waals surface area contributed by atoms with Crippen LogP contribution in [0.4, 0.5) is 9.18 Å². The van der Waals surface area contributed by atoms with Gasteiger partial charge in [0.25, 0.3) is 0 Å². The number of carboxylic acids is 1. The Morgan fingerprint density at radius 3 is 2.47 bits per heavy atom. The van der Waals surface area contributed by atoms with Crippen LogP contribution in [0.3, 0.4) is 0 Å². The van der Waals surface area contributed by atoms with E-state index >= 15 is 0 Å². The Morgan fingerprint density at radius 2 is 1.83 bits per heavy atom. The third-order valence-electron chi connectivity index (χ3n) is 6.61. The average molecular weight is 561 g/mol. The molecule has 2 aliphatic heterocycles. The molecule has 10 heteroatoms. The minimum atomic E-state index is -1.19. The number of ether oxygens (including phenoxy) is 1. The molecular weight excluding hydrogens is 535 g/mol. The number of piperazine rings is 1. The summed E-state index contributed by atoms with van der Waals surface area (Å²) in [6, 6.07) is 10.4. The van der Waals surface area contributed by atoms with Gasteiger partial charge in [0.2, 0.25) is 5.91 Å². The zero-order valence-electron chi connectivity index (χ0n) is 19.6. The van der Waals surface area contributed by atoms with Gasteiger partial charge in [-0.25, -0.2) is 14.0 Å². The van der Waals surface area contributed by atoms with E-state index in [1.165, 1.54) is 28.9 Å². The molecule has 8 nitrogen and oxygen atoms in total. The number of carbonyl (C=O) groups excluding carboxylic acids is 1. The lowest BCUT2D eigenvalue weighted by molar-refractivity contribution is -0.137. The van der Waals surface area contributed by atoms with Crippen molar-refractivity contribution >= 4 is 39.5 Å². The largest absolute Gasteiger partial charge is 0.492 e. The molecular formula is C26H26BrFN2O6. The zero-order valence-corrected chi connectivity index (χ0v) is 21.2. The molecule has 0 saturated carbocycles. The van der Waals surface area contributed by atoms with Crippen molar-refractivity contribution in [3.8, 4) is 5.75 Å². The van der Waals surface area contributed by atoms with E-state index in [4.69, 9.17) is 4.74 Å². The molecule has 2 unspecified atom stereocenters. The van der Waals surface area contributed by atoms with E-state index in [1.54, 1.807) is 6.07 Å². The molecule has 2 aromatic rings. The van der Waals surface area contributed by atoms with Crippen LogP contribution in [0.15, 0.2) is 52.5 Å². The maximum absolute atomic E-state index is 13.4. The predicted octanol–water partition coefficient (Wildman–Crippen LogP) is 4.42. The Kier molecular flexibility index (Phi) is 7.63. The van der Waals surface area contributed by atoms with Gasteiger partial charge in [-0.1, -0.05) is 24.3 Å². The van der Waals surface area contributed by atoms with E-state index in [1.807, 2.05) is 24.3 Å². The lowest BCUT2D eigenvalue weighted by Crippen LogP contribution is -2.64. The molecule has 2 aliphatic rings. The summed E-state index contributed by atoms with van der Waals surface area (Å²) in [7, 11) is 0. The topological polar surface area (TPSA) is 107 Å². The van der Waals surface area contributed by atoms with Crippen LogP contribution in [0, 0.1) is 5.82 Å². The van der Waals surface area contributed by atoms with Crippen molar-refractivity contribution in [2.75, 3.05) is 19.7 Å². The molecule has 0 spiro atoms. The van der Waals surface area contributed by atoms with Gasteiger partial charge in [0.15, 0.2) is 0 Å². The summed E-state index contributed by atoms with van der Waals surface area (Å²) in [6.07, 6.45) is 0.436. The lowest BCUT2D eigenvalue weighted by Gasteiger charge is -2.49. The number of hydrogen-bond donors (Lipinski definition) is 2. The van der Waals surface area contributed by atoms with Crippen LogP contribution in [0.2, 0.25) is 0 Å². The van der Waals surface area contributed by atoms with Crippen molar-refractivity contribution in [3.05, 3.63) is 69.5 Å². The van der Waals surface area contributed by atoms with E-state index in [0.717, 1.165) is 11.1 Å². The van der Waals surface area contributed by atoms with Gasteiger partial charge in [-0.15, -0.1) is 0 Å². The summed E-state index contributed by atoms with van der Waals surface area (Å²) < 4.78 is 19.7. The number of carbonyl (C=O) groups is 3. The van der Waals surface area contributed by atoms with Crippen molar-refractivity contribution in [2.24, 2.45) is 0 Å². The molecule has 2 aromatic carbocycles. The molecule has 36 heavy (non-hydrogen) atoms. The van der Waals surface area contributed by atoms with Gasteiger partial charge in [0.1, 0.15) is 11.6 Å². The Balaban J connectivity index is 1.49. The van der Waals surface area contributed by atoms with E-state index in [0.29, 0.717) is 35.2 Å². The van der Waals surface area contributed by atoms with E-state index in [2.05, 4.69) is 15.9 Å². The molecule has 2 bridgehead atoms. The van der Waals surface area contributed by atoms with Crippen LogP contribution < -0.4 is 4.74 Å². The van der Waals surface area contributed by atoms with Crippen LogP contribution in [0.5, 0.6) is 5.75 Å². The van der Waals surface area contributed by atoms with Crippen LogP contribution >= 0.6 is 15.9 Å². The van der Waals surface area contributed by atoms with Crippen LogP contribution in [-0.4, -0.2) is 69.8 Å². The summed E-state index contributed by atoms with van der Waals surface area (Å²) >= 11 is 3.34. The second-order valence-corrected chi connectivity index (χ2v) is 9.76. The summed E-state index contributed by atoms with van der Waals surface area (Å²) in [5.41, 5.74) is 2.38. The number of hydrogen-bond acceptors (Lipinski definition) is 4. The summed E-state index contributed by atoms with van der Waals surface area (Å²) in [5, 5.41) is 19.8. The fourth-order valence-electron chi connectivity index (χ4n) is 4.92. The SMILES string of the molecule is CC(=O)N1CC2CC(c3ccc(CCCOc4cc(F)ccc4Br)cc3)=C(C(=O)O)C(C1)N2C(=O)O. The standard InChI is InChI=1S/C26H26BrFN2O6/c1-15(31)29-13-19-12-20(24(25(32)33)22(14-29)30(19)26(34)35)17-6-4-16(5-7-17)3-2-10-36-23-11-18(28)8-9-21(23)27/h4-9,11,19,22H,2-3,10,12-14H2,1H3,(H,32,33)(H,34,35). The number of halogens is 2. The van der Waals surface area contributed by atoms with Gasteiger partial charge < -0.3 is 19.8 Å². The van der Waals surface area contributed by atoms with E-state index in [-0.39, 0.29) is 36.8 Å². The number of nitrogens with zero attached hydrogens (tertiary/aromatic N) is 2. The van der Waals surface area contributed by atoms with Crippen molar-refractivity contribution in [1.82, 2.24) is 9.80 Å². The molecule has 2 heterocycles. The average Bonchev–Trinajstić information content (AvgIpc) is 2.82. The number of aryl methyl sites for hydroxylation is 1. The van der Waals surface area contributed by atoms with Gasteiger partial charge in [-0.2, -0.15) is 0 Å².